The van der Waals surface area contributed by atoms with E-state index in [0.29, 0.717) is 12.1 Å². The number of carbonyl (C=O) groups is 1. The Balaban J connectivity index is 2.87. The number of alkyl halides is 4. The molecule has 0 spiro atoms. The summed E-state index contributed by atoms with van der Waals surface area (Å²) in [4.78, 5) is 21.7. The number of hydrogen-bond donors (Lipinski definition) is 1. The zero-order valence-corrected chi connectivity index (χ0v) is 14.1. The van der Waals surface area contributed by atoms with Crippen LogP contribution in [-0.4, -0.2) is 23.1 Å². The van der Waals surface area contributed by atoms with Crippen LogP contribution in [0.5, 0.6) is 5.75 Å². The van der Waals surface area contributed by atoms with Crippen LogP contribution in [0.25, 0.3) is 0 Å². The predicted octanol–water partition coefficient (Wildman–Crippen LogP) is 4.57. The molecule has 0 aliphatic carbocycles. The zero-order chi connectivity index (χ0) is 20.6. The number of nitrogens with zero attached hydrogens (tertiary/aromatic N) is 1. The molecule has 0 aliphatic rings. The normalized spacial score (nSPS) is 13.7. The maximum Gasteiger partial charge on any atom is 0.416 e. The van der Waals surface area contributed by atoms with Gasteiger partial charge in [0.2, 0.25) is 0 Å². The molecule has 0 fully saturated rings. The molecule has 144 valence electrons. The van der Waals surface area contributed by atoms with Crippen molar-refractivity contribution in [1.29, 1.82) is 0 Å². The molecule has 0 unspecified atom stereocenters. The minimum atomic E-state index is -4.95. The van der Waals surface area contributed by atoms with E-state index in [2.05, 4.69) is 0 Å². The maximum atomic E-state index is 15.7. The molecule has 2 aromatic carbocycles. The van der Waals surface area contributed by atoms with Gasteiger partial charge in [-0.3, -0.25) is 10.1 Å². The number of carboxylic acids is 1. The van der Waals surface area contributed by atoms with E-state index in [1.807, 2.05) is 0 Å². The van der Waals surface area contributed by atoms with Crippen LogP contribution in [0.15, 0.2) is 36.4 Å². The average molecular weight is 408 g/mol. The lowest BCUT2D eigenvalue weighted by Gasteiger charge is -2.24. The van der Waals surface area contributed by atoms with Crippen molar-refractivity contribution in [3.8, 4) is 5.75 Å². The molecule has 2 aromatic rings. The van der Waals surface area contributed by atoms with Crippen molar-refractivity contribution in [3.63, 3.8) is 0 Å². The summed E-state index contributed by atoms with van der Waals surface area (Å²) in [5.41, 5.74) is -8.18. The molecule has 0 aromatic heterocycles. The van der Waals surface area contributed by atoms with E-state index in [0.717, 1.165) is 19.2 Å². The molecular formula is C16H10ClF4NO5. The van der Waals surface area contributed by atoms with E-state index in [-0.39, 0.29) is 16.8 Å². The molecule has 6 nitrogen and oxygen atoms in total. The minimum Gasteiger partial charge on any atom is -0.496 e. The first kappa shape index (κ1) is 20.4. The first-order chi connectivity index (χ1) is 12.4. The number of aliphatic carboxylic acids is 1. The molecule has 27 heavy (non-hydrogen) atoms. The van der Waals surface area contributed by atoms with Gasteiger partial charge in [0.1, 0.15) is 5.75 Å². The first-order valence-corrected chi connectivity index (χ1v) is 7.43. The summed E-state index contributed by atoms with van der Waals surface area (Å²) in [6.45, 7) is 0. The van der Waals surface area contributed by atoms with E-state index >= 15 is 4.39 Å². The lowest BCUT2D eigenvalue weighted by molar-refractivity contribution is -0.386. The highest BCUT2D eigenvalue weighted by Gasteiger charge is 2.50. The highest BCUT2D eigenvalue weighted by atomic mass is 35.5. The van der Waals surface area contributed by atoms with Crippen molar-refractivity contribution in [1.82, 2.24) is 0 Å². The van der Waals surface area contributed by atoms with Gasteiger partial charge in [-0.25, -0.2) is 9.18 Å². The lowest BCUT2D eigenvalue weighted by atomic mass is 9.85. The molecule has 0 saturated heterocycles. The SMILES string of the molecule is COc1ccc(Cl)cc1[C@](F)(C(=O)O)c1ccc(C(F)(F)F)cc1[N+](=O)[O-]. The fraction of sp³-hybridized carbons (Fsp3) is 0.188. The zero-order valence-electron chi connectivity index (χ0n) is 13.4. The quantitative estimate of drug-likeness (QED) is 0.445. The fourth-order valence-corrected chi connectivity index (χ4v) is 2.65. The number of nitro groups is 1. The van der Waals surface area contributed by atoms with Crippen LogP contribution in [0.4, 0.5) is 23.2 Å². The van der Waals surface area contributed by atoms with Gasteiger partial charge in [-0.05, 0) is 30.3 Å². The van der Waals surface area contributed by atoms with Crippen molar-refractivity contribution in [2.75, 3.05) is 7.11 Å². The second kappa shape index (κ2) is 7.03. The second-order valence-electron chi connectivity index (χ2n) is 5.30. The van der Waals surface area contributed by atoms with Crippen LogP contribution in [0, 0.1) is 10.1 Å². The molecule has 11 heteroatoms. The number of carboxylic acid groups (broad SMARTS) is 1. The Bertz CT molecular complexity index is 918. The summed E-state index contributed by atoms with van der Waals surface area (Å²) >= 11 is 5.76. The number of ether oxygens (including phenoxy) is 1. The Morgan fingerprint density at radius 3 is 2.26 bits per heavy atom. The standard InChI is InChI=1S/C16H10ClF4NO5/c1-27-13-5-3-9(17)7-11(13)15(18,14(23)24)10-4-2-8(16(19,20)21)6-12(10)22(25)26/h2-7H,1H3,(H,23,24)/t15-/m0/s1. The van der Waals surface area contributed by atoms with Crippen LogP contribution in [0.3, 0.4) is 0 Å². The Kier molecular flexibility index (Phi) is 5.32. The van der Waals surface area contributed by atoms with Crippen molar-refractivity contribution in [2.45, 2.75) is 11.8 Å². The summed E-state index contributed by atoms with van der Waals surface area (Å²) in [6.07, 6.45) is -4.95. The van der Waals surface area contributed by atoms with Gasteiger partial charge < -0.3 is 9.84 Å². The second-order valence-corrected chi connectivity index (χ2v) is 5.73. The van der Waals surface area contributed by atoms with Crippen molar-refractivity contribution in [2.24, 2.45) is 0 Å². The van der Waals surface area contributed by atoms with E-state index in [1.165, 1.54) is 6.07 Å². The number of halogens is 5. The topological polar surface area (TPSA) is 89.7 Å². The monoisotopic (exact) mass is 407 g/mol. The molecule has 0 saturated carbocycles. The number of rotatable bonds is 5. The van der Waals surface area contributed by atoms with E-state index < -0.39 is 45.1 Å². The number of methoxy groups -OCH3 is 1. The Labute approximate surface area is 154 Å². The van der Waals surface area contributed by atoms with Crippen LogP contribution in [-0.2, 0) is 16.6 Å². The number of hydrogen-bond acceptors (Lipinski definition) is 4. The highest BCUT2D eigenvalue weighted by Crippen LogP contribution is 2.45. The summed E-state index contributed by atoms with van der Waals surface area (Å²) < 4.78 is 59.1. The van der Waals surface area contributed by atoms with Gasteiger partial charge in [0.15, 0.2) is 0 Å². The van der Waals surface area contributed by atoms with E-state index in [9.17, 15) is 33.2 Å². The van der Waals surface area contributed by atoms with E-state index in [4.69, 9.17) is 16.3 Å². The van der Waals surface area contributed by atoms with Crippen molar-refractivity contribution in [3.05, 3.63) is 68.2 Å². The van der Waals surface area contributed by atoms with Gasteiger partial charge in [-0.1, -0.05) is 11.6 Å². The predicted molar refractivity (Wildman–Crippen MR) is 85.6 cm³/mol. The molecule has 1 N–H and O–H groups in total. The molecule has 0 aliphatic heterocycles. The molecule has 0 heterocycles. The van der Waals surface area contributed by atoms with Gasteiger partial charge in [0.25, 0.3) is 11.4 Å². The van der Waals surface area contributed by atoms with Gasteiger partial charge in [-0.15, -0.1) is 0 Å². The molecule has 2 rings (SSSR count). The third kappa shape index (κ3) is 3.65. The largest absolute Gasteiger partial charge is 0.496 e. The van der Waals surface area contributed by atoms with Crippen LogP contribution in [0.2, 0.25) is 5.02 Å². The molecule has 0 amide bonds. The summed E-state index contributed by atoms with van der Waals surface area (Å²) in [7, 11) is 1.09. The van der Waals surface area contributed by atoms with Gasteiger partial charge in [0.05, 0.1) is 23.2 Å². The highest BCUT2D eigenvalue weighted by molar-refractivity contribution is 6.30. The van der Waals surface area contributed by atoms with Crippen molar-refractivity contribution < 1.29 is 37.1 Å². The van der Waals surface area contributed by atoms with Crippen LogP contribution in [0.1, 0.15) is 16.7 Å². The molecule has 0 radical (unpaired) electrons. The van der Waals surface area contributed by atoms with E-state index in [1.54, 1.807) is 0 Å². The van der Waals surface area contributed by atoms with Crippen molar-refractivity contribution >= 4 is 23.3 Å². The summed E-state index contributed by atoms with van der Waals surface area (Å²) in [5, 5.41) is 20.6. The summed E-state index contributed by atoms with van der Waals surface area (Å²) in [6, 6.07) is 4.10. The maximum absolute atomic E-state index is 15.7. The number of benzene rings is 2. The van der Waals surface area contributed by atoms with Gasteiger partial charge >= 0.3 is 12.1 Å². The number of nitro benzene ring substituents is 1. The average Bonchev–Trinajstić information content (AvgIpc) is 2.59. The third-order valence-corrected chi connectivity index (χ3v) is 3.96. The molecular weight excluding hydrogens is 398 g/mol. The first-order valence-electron chi connectivity index (χ1n) is 7.05. The minimum absolute atomic E-state index is 0.0730. The smallest absolute Gasteiger partial charge is 0.416 e. The fourth-order valence-electron chi connectivity index (χ4n) is 2.48. The molecule has 1 atom stereocenters. The van der Waals surface area contributed by atoms with Crippen LogP contribution >= 0.6 is 11.6 Å². The Morgan fingerprint density at radius 1 is 1.15 bits per heavy atom. The Hall–Kier alpha value is -2.88. The van der Waals surface area contributed by atoms with Crippen LogP contribution < -0.4 is 4.74 Å². The lowest BCUT2D eigenvalue weighted by Crippen LogP contribution is -2.33. The Morgan fingerprint density at radius 2 is 1.78 bits per heavy atom. The van der Waals surface area contributed by atoms with Gasteiger partial charge in [-0.2, -0.15) is 13.2 Å². The molecule has 0 bridgehead atoms. The van der Waals surface area contributed by atoms with Gasteiger partial charge in [0, 0.05) is 16.7 Å². The third-order valence-electron chi connectivity index (χ3n) is 3.72. The summed E-state index contributed by atoms with van der Waals surface area (Å²) in [5.74, 6) is -2.50.